The van der Waals surface area contributed by atoms with Gasteiger partial charge < -0.3 is 19.5 Å². The van der Waals surface area contributed by atoms with Crippen LogP contribution in [0.25, 0.3) is 0 Å². The number of carbonyl (C=O) groups is 1. The molecule has 0 fully saturated rings. The lowest BCUT2D eigenvalue weighted by Gasteiger charge is -2.12. The van der Waals surface area contributed by atoms with E-state index >= 15 is 0 Å². The van der Waals surface area contributed by atoms with Crippen LogP contribution in [0, 0.1) is 11.3 Å². The lowest BCUT2D eigenvalue weighted by Crippen LogP contribution is -2.14. The number of nitrogens with zero attached hydrogens (tertiary/aromatic N) is 1. The highest BCUT2D eigenvalue weighted by molar-refractivity contribution is 6.32. The molecule has 0 aliphatic carbocycles. The molecule has 0 bridgehead atoms. The van der Waals surface area contributed by atoms with Crippen LogP contribution in [0.3, 0.4) is 0 Å². The minimum atomic E-state index is -0.179. The molecular weight excluding hydrogens is 356 g/mol. The van der Waals surface area contributed by atoms with Gasteiger partial charge in [-0.25, -0.2) is 0 Å². The van der Waals surface area contributed by atoms with E-state index in [-0.39, 0.29) is 18.9 Å². The summed E-state index contributed by atoms with van der Waals surface area (Å²) in [6.45, 7) is 1.09. The second-order valence-corrected chi connectivity index (χ2v) is 6.06. The summed E-state index contributed by atoms with van der Waals surface area (Å²) < 4.78 is 16.4. The zero-order chi connectivity index (χ0) is 18.4. The first-order valence-corrected chi connectivity index (χ1v) is 8.51. The molecule has 134 valence electrons. The average Bonchev–Trinajstić information content (AvgIpc) is 2.87. The Kier molecular flexibility index (Phi) is 5.82. The summed E-state index contributed by atoms with van der Waals surface area (Å²) in [7, 11) is 0. The molecule has 3 rings (SSSR count). The van der Waals surface area contributed by atoms with E-state index in [1.807, 2.05) is 6.07 Å². The van der Waals surface area contributed by atoms with E-state index in [1.165, 1.54) is 0 Å². The largest absolute Gasteiger partial charge is 0.489 e. The third-order valence-corrected chi connectivity index (χ3v) is 3.95. The van der Waals surface area contributed by atoms with E-state index < -0.39 is 0 Å². The van der Waals surface area contributed by atoms with Gasteiger partial charge in [-0.3, -0.25) is 4.79 Å². The van der Waals surface area contributed by atoms with Gasteiger partial charge in [0.05, 0.1) is 24.7 Å². The Bertz CT molecular complexity index is 831. The van der Waals surface area contributed by atoms with Crippen molar-refractivity contribution in [1.82, 2.24) is 0 Å². The summed E-state index contributed by atoms with van der Waals surface area (Å²) in [6.07, 6.45) is 0.942. The van der Waals surface area contributed by atoms with Gasteiger partial charge in [-0.15, -0.1) is 0 Å². The molecule has 0 unspecified atom stereocenters. The highest BCUT2D eigenvalue weighted by Crippen LogP contribution is 2.38. The summed E-state index contributed by atoms with van der Waals surface area (Å²) in [6, 6.07) is 12.2. The summed E-state index contributed by atoms with van der Waals surface area (Å²) in [5.41, 5.74) is 1.38. The topological polar surface area (TPSA) is 80.6 Å². The lowest BCUT2D eigenvalue weighted by molar-refractivity contribution is -0.115. The van der Waals surface area contributed by atoms with Crippen LogP contribution in [0.5, 0.6) is 17.2 Å². The smallest absolute Gasteiger partial charge is 0.228 e. The van der Waals surface area contributed by atoms with E-state index in [4.69, 9.17) is 31.1 Å². The van der Waals surface area contributed by atoms with Gasteiger partial charge in [-0.2, -0.15) is 5.26 Å². The van der Waals surface area contributed by atoms with Crippen molar-refractivity contribution in [2.24, 2.45) is 0 Å². The first kappa shape index (κ1) is 17.9. The predicted molar refractivity (Wildman–Crippen MR) is 96.9 cm³/mol. The maximum Gasteiger partial charge on any atom is 0.228 e. The number of carbonyl (C=O) groups excluding carboxylic acids is 1. The first-order valence-electron chi connectivity index (χ1n) is 8.13. The fourth-order valence-electron chi connectivity index (χ4n) is 2.53. The number of anilines is 1. The SMILES string of the molecule is N#CCOc1ccc(NC(=O)Cc2cc(Cl)c3c(c2)OCCCO3)cc1. The van der Waals surface area contributed by atoms with Gasteiger partial charge in [-0.05, 0) is 42.0 Å². The summed E-state index contributed by atoms with van der Waals surface area (Å²) in [5, 5.41) is 11.7. The molecule has 0 aromatic heterocycles. The Morgan fingerprint density at radius 1 is 1.23 bits per heavy atom. The van der Waals surface area contributed by atoms with Crippen LogP contribution >= 0.6 is 11.6 Å². The molecule has 1 amide bonds. The highest BCUT2D eigenvalue weighted by atomic mass is 35.5. The third kappa shape index (κ3) is 4.58. The molecule has 6 nitrogen and oxygen atoms in total. The van der Waals surface area contributed by atoms with Crippen molar-refractivity contribution in [3.05, 3.63) is 47.0 Å². The monoisotopic (exact) mass is 372 g/mol. The number of amides is 1. The summed E-state index contributed by atoms with van der Waals surface area (Å²) >= 11 is 6.25. The molecule has 0 saturated carbocycles. The second kappa shape index (κ2) is 8.45. The third-order valence-electron chi connectivity index (χ3n) is 3.67. The fraction of sp³-hybridized carbons (Fsp3) is 0.263. The Morgan fingerprint density at radius 3 is 2.77 bits per heavy atom. The van der Waals surface area contributed by atoms with E-state index in [0.29, 0.717) is 41.2 Å². The molecule has 1 aliphatic heterocycles. The Hall–Kier alpha value is -2.91. The number of hydrogen-bond acceptors (Lipinski definition) is 5. The zero-order valence-corrected chi connectivity index (χ0v) is 14.7. The van der Waals surface area contributed by atoms with Crippen molar-refractivity contribution in [1.29, 1.82) is 5.26 Å². The quantitative estimate of drug-likeness (QED) is 0.867. The Morgan fingerprint density at radius 2 is 2.00 bits per heavy atom. The fourth-order valence-corrected chi connectivity index (χ4v) is 2.81. The van der Waals surface area contributed by atoms with E-state index in [9.17, 15) is 4.79 Å². The zero-order valence-electron chi connectivity index (χ0n) is 14.0. The van der Waals surface area contributed by atoms with Crippen molar-refractivity contribution in [3.63, 3.8) is 0 Å². The molecule has 0 atom stereocenters. The van der Waals surface area contributed by atoms with Gasteiger partial charge in [0.1, 0.15) is 11.8 Å². The number of nitrogens with one attached hydrogen (secondary N) is 1. The molecule has 0 saturated heterocycles. The van der Waals surface area contributed by atoms with E-state index in [0.717, 1.165) is 12.0 Å². The summed E-state index contributed by atoms with van der Waals surface area (Å²) in [5.74, 6) is 1.48. The van der Waals surface area contributed by atoms with Gasteiger partial charge in [0.2, 0.25) is 5.91 Å². The van der Waals surface area contributed by atoms with E-state index in [1.54, 1.807) is 36.4 Å². The van der Waals surface area contributed by atoms with Crippen molar-refractivity contribution in [2.45, 2.75) is 12.8 Å². The van der Waals surface area contributed by atoms with Crippen LogP contribution in [0.2, 0.25) is 5.02 Å². The molecule has 2 aromatic carbocycles. The van der Waals surface area contributed by atoms with Crippen LogP contribution < -0.4 is 19.5 Å². The molecule has 1 heterocycles. The Balaban J connectivity index is 1.64. The number of fused-ring (bicyclic) bond motifs is 1. The molecule has 26 heavy (non-hydrogen) atoms. The van der Waals surface area contributed by atoms with Gasteiger partial charge in [0, 0.05) is 12.1 Å². The molecule has 0 radical (unpaired) electrons. The number of benzene rings is 2. The lowest BCUT2D eigenvalue weighted by atomic mass is 10.1. The van der Waals surface area contributed by atoms with Crippen LogP contribution in [0.4, 0.5) is 5.69 Å². The number of rotatable bonds is 5. The van der Waals surface area contributed by atoms with Crippen molar-refractivity contribution < 1.29 is 19.0 Å². The maximum absolute atomic E-state index is 12.3. The van der Waals surface area contributed by atoms with Crippen LogP contribution in [-0.4, -0.2) is 25.7 Å². The highest BCUT2D eigenvalue weighted by Gasteiger charge is 2.16. The Labute approximate surface area is 156 Å². The van der Waals surface area contributed by atoms with Crippen LogP contribution in [0.15, 0.2) is 36.4 Å². The minimum Gasteiger partial charge on any atom is -0.489 e. The van der Waals surface area contributed by atoms with Crippen molar-refractivity contribution in [2.75, 3.05) is 25.1 Å². The number of nitriles is 1. The van der Waals surface area contributed by atoms with Gasteiger partial charge in [-0.1, -0.05) is 11.6 Å². The van der Waals surface area contributed by atoms with Crippen LogP contribution in [-0.2, 0) is 11.2 Å². The second-order valence-electron chi connectivity index (χ2n) is 5.65. The van der Waals surface area contributed by atoms with Gasteiger partial charge >= 0.3 is 0 Å². The van der Waals surface area contributed by atoms with Crippen LogP contribution in [0.1, 0.15) is 12.0 Å². The standard InChI is InChI=1S/C19H17ClN2O4/c20-16-10-13(11-17-19(16)26-8-1-7-25-17)12-18(23)22-14-2-4-15(5-3-14)24-9-6-21/h2-5,10-11H,1,7-9,12H2,(H,22,23). The number of ether oxygens (including phenoxy) is 3. The molecule has 1 aliphatic rings. The first-order chi connectivity index (χ1) is 12.7. The summed E-state index contributed by atoms with van der Waals surface area (Å²) in [4.78, 5) is 12.3. The predicted octanol–water partition coefficient (Wildman–Crippen LogP) is 3.58. The minimum absolute atomic E-state index is 0.0173. The van der Waals surface area contributed by atoms with Gasteiger partial charge in [0.15, 0.2) is 18.1 Å². The average molecular weight is 373 g/mol. The maximum atomic E-state index is 12.3. The van der Waals surface area contributed by atoms with Crippen molar-refractivity contribution >= 4 is 23.2 Å². The normalized spacial score (nSPS) is 12.6. The number of halogens is 1. The number of hydrogen-bond donors (Lipinski definition) is 1. The molecular formula is C19H17ClN2O4. The van der Waals surface area contributed by atoms with Gasteiger partial charge in [0.25, 0.3) is 0 Å². The molecule has 1 N–H and O–H groups in total. The van der Waals surface area contributed by atoms with E-state index in [2.05, 4.69) is 5.32 Å². The molecule has 2 aromatic rings. The molecule has 0 spiro atoms. The molecule has 7 heteroatoms. The van der Waals surface area contributed by atoms with Crippen molar-refractivity contribution in [3.8, 4) is 23.3 Å².